The molecule has 0 amide bonds. The molecule has 1 saturated carbocycles. The van der Waals surface area contributed by atoms with Crippen molar-refractivity contribution in [2.45, 2.75) is 76.8 Å². The molecule has 2 aliphatic rings. The predicted octanol–water partition coefficient (Wildman–Crippen LogP) is 7.00. The van der Waals surface area contributed by atoms with E-state index in [9.17, 15) is 8.78 Å². The Hall–Kier alpha value is -2.24. The fourth-order valence-corrected chi connectivity index (χ4v) is 5.40. The molecule has 0 radical (unpaired) electrons. The Kier molecular flexibility index (Phi) is 9.19. The zero-order valence-corrected chi connectivity index (χ0v) is 22.1. The first-order valence-corrected chi connectivity index (χ1v) is 13.8. The number of unbranched alkanes of at least 4 members (excludes halogenated alkanes) is 2. The molecule has 1 aliphatic heterocycles. The van der Waals surface area contributed by atoms with Gasteiger partial charge in [-0.25, -0.2) is 8.78 Å². The molecule has 1 atom stereocenters. The van der Waals surface area contributed by atoms with Gasteiger partial charge in [0.15, 0.2) is 0 Å². The zero-order chi connectivity index (χ0) is 25.5. The van der Waals surface area contributed by atoms with Crippen LogP contribution in [0.3, 0.4) is 0 Å². The highest BCUT2D eigenvalue weighted by atomic mass is 19.3. The van der Waals surface area contributed by atoms with Crippen LogP contribution >= 0.6 is 0 Å². The summed E-state index contributed by atoms with van der Waals surface area (Å²) < 4.78 is 27.7. The maximum absolute atomic E-state index is 13.9. The van der Waals surface area contributed by atoms with Crippen molar-refractivity contribution in [2.24, 2.45) is 0 Å². The lowest BCUT2D eigenvalue weighted by Gasteiger charge is -2.34. The Morgan fingerprint density at radius 3 is 2.39 bits per heavy atom. The van der Waals surface area contributed by atoms with Gasteiger partial charge in [-0.3, -0.25) is 4.90 Å². The Bertz CT molecular complexity index is 973. The molecule has 1 N–H and O–H groups in total. The third kappa shape index (κ3) is 7.39. The normalized spacial score (nSPS) is 18.2. The average molecular weight is 496 g/mol. The molecule has 1 aliphatic carbocycles. The molecule has 5 heteroatoms. The molecule has 1 unspecified atom stereocenters. The number of rotatable bonds is 13. The molecule has 2 aromatic carbocycles. The average Bonchev–Trinajstić information content (AvgIpc) is 3.73. The second-order valence-corrected chi connectivity index (χ2v) is 10.7. The van der Waals surface area contributed by atoms with Crippen molar-refractivity contribution < 1.29 is 8.78 Å². The Balaban J connectivity index is 1.30. The monoisotopic (exact) mass is 495 g/mol. The first kappa shape index (κ1) is 26.8. The summed E-state index contributed by atoms with van der Waals surface area (Å²) in [5.74, 6) is -2.84. The summed E-state index contributed by atoms with van der Waals surface area (Å²) in [6, 6.07) is 16.5. The van der Waals surface area contributed by atoms with E-state index in [0.29, 0.717) is 6.42 Å². The minimum atomic E-state index is -2.84. The number of piperazine rings is 1. The number of hydrogen-bond acceptors (Lipinski definition) is 3. The van der Waals surface area contributed by atoms with Crippen LogP contribution in [-0.2, 0) is 12.3 Å². The molecule has 2 fully saturated rings. The molecule has 2 aromatic rings. The summed E-state index contributed by atoms with van der Waals surface area (Å²) in [5.41, 5.74) is 3.94. The van der Waals surface area contributed by atoms with Gasteiger partial charge in [0.05, 0.1) is 6.04 Å². The molecule has 0 spiro atoms. The molecular weight excluding hydrogens is 452 g/mol. The zero-order valence-electron chi connectivity index (χ0n) is 22.1. The number of nitrogens with zero attached hydrogens (tertiary/aromatic N) is 2. The van der Waals surface area contributed by atoms with Crippen molar-refractivity contribution in [3.63, 3.8) is 0 Å². The SMILES string of the molecule is C=C(NC(CCCCCN1CCN(C2CC2)CC1)c1ccccc1)c1ccc(C(C)(F)F)cc1CC. The smallest absolute Gasteiger partial charge is 0.270 e. The van der Waals surface area contributed by atoms with E-state index < -0.39 is 5.92 Å². The van der Waals surface area contributed by atoms with Crippen LogP contribution in [0.2, 0.25) is 0 Å². The van der Waals surface area contributed by atoms with Crippen LogP contribution in [0, 0.1) is 0 Å². The lowest BCUT2D eigenvalue weighted by atomic mass is 9.95. The molecule has 36 heavy (non-hydrogen) atoms. The van der Waals surface area contributed by atoms with Crippen molar-refractivity contribution in [3.8, 4) is 0 Å². The first-order chi connectivity index (χ1) is 17.3. The van der Waals surface area contributed by atoms with Gasteiger partial charge in [0.1, 0.15) is 0 Å². The van der Waals surface area contributed by atoms with E-state index >= 15 is 0 Å². The van der Waals surface area contributed by atoms with Crippen LogP contribution in [0.5, 0.6) is 0 Å². The van der Waals surface area contributed by atoms with Crippen molar-refractivity contribution in [1.29, 1.82) is 0 Å². The highest BCUT2D eigenvalue weighted by molar-refractivity contribution is 5.66. The molecule has 1 saturated heterocycles. The molecule has 4 rings (SSSR count). The summed E-state index contributed by atoms with van der Waals surface area (Å²) in [7, 11) is 0. The van der Waals surface area contributed by atoms with Gasteiger partial charge in [0, 0.05) is 56.0 Å². The maximum atomic E-state index is 13.9. The van der Waals surface area contributed by atoms with Crippen molar-refractivity contribution in [2.75, 3.05) is 32.7 Å². The highest BCUT2D eigenvalue weighted by Crippen LogP contribution is 2.31. The van der Waals surface area contributed by atoms with E-state index in [0.717, 1.165) is 42.6 Å². The van der Waals surface area contributed by atoms with Gasteiger partial charge in [-0.15, -0.1) is 0 Å². The number of benzene rings is 2. The van der Waals surface area contributed by atoms with Crippen LogP contribution in [0.25, 0.3) is 5.70 Å². The third-order valence-corrected chi connectivity index (χ3v) is 7.81. The van der Waals surface area contributed by atoms with Crippen LogP contribution in [0.15, 0.2) is 55.1 Å². The highest BCUT2D eigenvalue weighted by Gasteiger charge is 2.31. The lowest BCUT2D eigenvalue weighted by Crippen LogP contribution is -2.47. The number of hydrogen-bond donors (Lipinski definition) is 1. The van der Waals surface area contributed by atoms with E-state index in [1.54, 1.807) is 12.1 Å². The van der Waals surface area contributed by atoms with Crippen molar-refractivity contribution in [1.82, 2.24) is 15.1 Å². The molecular formula is C31H43F2N3. The number of alkyl halides is 2. The second kappa shape index (κ2) is 12.3. The van der Waals surface area contributed by atoms with E-state index in [1.807, 2.05) is 13.0 Å². The number of nitrogens with one attached hydrogen (secondary N) is 1. The minimum Gasteiger partial charge on any atom is -0.378 e. The van der Waals surface area contributed by atoms with Gasteiger partial charge in [0.25, 0.3) is 5.92 Å². The number of halogens is 2. The van der Waals surface area contributed by atoms with Crippen LogP contribution in [-0.4, -0.2) is 48.6 Å². The van der Waals surface area contributed by atoms with Crippen molar-refractivity contribution in [3.05, 3.63) is 77.4 Å². The van der Waals surface area contributed by atoms with E-state index in [2.05, 4.69) is 46.0 Å². The summed E-state index contributed by atoms with van der Waals surface area (Å²) in [6.45, 7) is 13.4. The molecule has 196 valence electrons. The van der Waals surface area contributed by atoms with E-state index in [4.69, 9.17) is 0 Å². The molecule has 0 aromatic heterocycles. The first-order valence-electron chi connectivity index (χ1n) is 13.8. The largest absolute Gasteiger partial charge is 0.378 e. The Morgan fingerprint density at radius 1 is 1.03 bits per heavy atom. The number of aryl methyl sites for hydroxylation is 1. The van der Waals surface area contributed by atoms with E-state index in [1.165, 1.54) is 70.0 Å². The maximum Gasteiger partial charge on any atom is 0.270 e. The summed E-state index contributed by atoms with van der Waals surface area (Å²) in [6.07, 6.45) is 8.10. The van der Waals surface area contributed by atoms with Gasteiger partial charge >= 0.3 is 0 Å². The van der Waals surface area contributed by atoms with Gasteiger partial charge in [-0.05, 0) is 55.8 Å². The quantitative estimate of drug-likeness (QED) is 0.302. The fourth-order valence-electron chi connectivity index (χ4n) is 5.40. The molecule has 3 nitrogen and oxygen atoms in total. The van der Waals surface area contributed by atoms with Gasteiger partial charge in [-0.1, -0.05) is 68.8 Å². The van der Waals surface area contributed by atoms with Crippen LogP contribution in [0.4, 0.5) is 8.78 Å². The molecule has 1 heterocycles. The summed E-state index contributed by atoms with van der Waals surface area (Å²) in [5, 5.41) is 3.65. The van der Waals surface area contributed by atoms with Crippen LogP contribution in [0.1, 0.15) is 80.7 Å². The van der Waals surface area contributed by atoms with Gasteiger partial charge in [0.2, 0.25) is 0 Å². The third-order valence-electron chi connectivity index (χ3n) is 7.81. The topological polar surface area (TPSA) is 18.5 Å². The lowest BCUT2D eigenvalue weighted by molar-refractivity contribution is 0.0174. The Morgan fingerprint density at radius 2 is 1.75 bits per heavy atom. The fraction of sp³-hybridized carbons (Fsp3) is 0.548. The standard InChI is InChI=1S/C31H43F2N3/c1-4-25-23-27(31(3,32)33)14-17-29(25)24(2)34-30(26-11-7-5-8-12-26)13-9-6-10-18-35-19-21-36(22-20-35)28-15-16-28/h5,7-8,11-12,14,17,23,28,30,34H,2,4,6,9-10,13,15-16,18-22H2,1,3H3. The second-order valence-electron chi connectivity index (χ2n) is 10.7. The van der Waals surface area contributed by atoms with Gasteiger partial charge in [-0.2, -0.15) is 0 Å². The van der Waals surface area contributed by atoms with E-state index in [-0.39, 0.29) is 11.6 Å². The van der Waals surface area contributed by atoms with Crippen molar-refractivity contribution >= 4 is 5.70 Å². The predicted molar refractivity (Wildman–Crippen MR) is 146 cm³/mol. The van der Waals surface area contributed by atoms with Crippen LogP contribution < -0.4 is 5.32 Å². The molecule has 0 bridgehead atoms. The summed E-state index contributed by atoms with van der Waals surface area (Å²) >= 11 is 0. The van der Waals surface area contributed by atoms with Gasteiger partial charge < -0.3 is 10.2 Å². The minimum absolute atomic E-state index is 0.0597. The Labute approximate surface area is 216 Å². The summed E-state index contributed by atoms with van der Waals surface area (Å²) in [4.78, 5) is 5.30.